The first-order valence-corrected chi connectivity index (χ1v) is 7.65. The van der Waals surface area contributed by atoms with Crippen LogP contribution in [-0.4, -0.2) is 21.9 Å². The number of aromatic nitrogens is 2. The molecule has 0 atom stereocenters. The molecule has 1 aliphatic rings. The summed E-state index contributed by atoms with van der Waals surface area (Å²) >= 11 is 0. The predicted octanol–water partition coefficient (Wildman–Crippen LogP) is 3.93. The minimum absolute atomic E-state index is 0.0758. The van der Waals surface area contributed by atoms with Gasteiger partial charge in [-0.3, -0.25) is 9.56 Å². The molecule has 1 aromatic heterocycles. The average Bonchev–Trinajstić information content (AvgIpc) is 2.93. The zero-order chi connectivity index (χ0) is 15.3. The second-order valence-electron chi connectivity index (χ2n) is 6.63. The van der Waals surface area contributed by atoms with E-state index in [0.717, 1.165) is 23.4 Å². The number of para-hydroxylation sites is 1. The first-order chi connectivity index (χ1) is 10.6. The highest BCUT2D eigenvalue weighted by molar-refractivity contribution is 6.06. The topological polar surface area (TPSA) is 30.2 Å². The first kappa shape index (κ1) is 13.3. The molecule has 0 unspecified atom stereocenters. The molecule has 0 saturated heterocycles. The summed E-state index contributed by atoms with van der Waals surface area (Å²) < 4.78 is 2.12. The molecule has 0 amide bonds. The third kappa shape index (κ3) is 1.82. The molecule has 0 radical (unpaired) electrons. The van der Waals surface area contributed by atoms with Gasteiger partial charge in [0.2, 0.25) is 0 Å². The van der Waals surface area contributed by atoms with Crippen LogP contribution in [0.1, 0.15) is 30.5 Å². The first-order valence-electron chi connectivity index (χ1n) is 7.65. The standard InChI is InChI=1S/C19H19N3/c1-13-7-6-10-16-17(13)21-12-22(16)18-14-8-4-5-9-15(14)19(2,3)11-20-18/h4-10,12H,11H2,1-3H3. The highest BCUT2D eigenvalue weighted by Crippen LogP contribution is 2.32. The number of benzene rings is 2. The maximum absolute atomic E-state index is 4.89. The number of aliphatic imine (C=N–C) groups is 1. The van der Waals surface area contributed by atoms with Crippen LogP contribution in [0.25, 0.3) is 11.0 Å². The van der Waals surface area contributed by atoms with E-state index < -0.39 is 0 Å². The summed E-state index contributed by atoms with van der Waals surface area (Å²) in [5, 5.41) is 0. The monoisotopic (exact) mass is 289 g/mol. The molecular formula is C19H19N3. The molecule has 3 nitrogen and oxygen atoms in total. The van der Waals surface area contributed by atoms with Gasteiger partial charge >= 0.3 is 0 Å². The molecule has 1 aliphatic heterocycles. The summed E-state index contributed by atoms with van der Waals surface area (Å²) in [6.45, 7) is 7.40. The number of hydrogen-bond acceptors (Lipinski definition) is 2. The van der Waals surface area contributed by atoms with Crippen LogP contribution in [0.5, 0.6) is 0 Å². The van der Waals surface area contributed by atoms with Gasteiger partial charge in [0.15, 0.2) is 0 Å². The second kappa shape index (κ2) is 4.54. The number of nitrogens with zero attached hydrogens (tertiary/aromatic N) is 3. The fourth-order valence-corrected chi connectivity index (χ4v) is 3.27. The average molecular weight is 289 g/mol. The molecule has 110 valence electrons. The third-order valence-electron chi connectivity index (χ3n) is 4.53. The summed E-state index contributed by atoms with van der Waals surface area (Å²) in [6.07, 6.45) is 1.89. The van der Waals surface area contributed by atoms with Gasteiger partial charge in [-0.15, -0.1) is 0 Å². The number of hydrogen-bond donors (Lipinski definition) is 0. The lowest BCUT2D eigenvalue weighted by atomic mass is 9.79. The maximum Gasteiger partial charge on any atom is 0.141 e. The highest BCUT2D eigenvalue weighted by Gasteiger charge is 2.30. The Bertz CT molecular complexity index is 900. The fourth-order valence-electron chi connectivity index (χ4n) is 3.27. The summed E-state index contributed by atoms with van der Waals surface area (Å²) in [4.78, 5) is 9.47. The molecule has 2 aromatic carbocycles. The molecule has 0 saturated carbocycles. The van der Waals surface area contributed by atoms with Crippen molar-refractivity contribution in [2.45, 2.75) is 26.2 Å². The lowest BCUT2D eigenvalue weighted by Crippen LogP contribution is -2.32. The molecule has 2 heterocycles. The molecule has 0 N–H and O–H groups in total. The van der Waals surface area contributed by atoms with Crippen molar-refractivity contribution < 1.29 is 0 Å². The van der Waals surface area contributed by atoms with Crippen molar-refractivity contribution in [2.75, 3.05) is 6.54 Å². The van der Waals surface area contributed by atoms with E-state index in [4.69, 9.17) is 4.99 Å². The Balaban J connectivity index is 1.97. The highest BCUT2D eigenvalue weighted by atomic mass is 15.1. The van der Waals surface area contributed by atoms with E-state index >= 15 is 0 Å². The Morgan fingerprint density at radius 3 is 2.73 bits per heavy atom. The zero-order valence-corrected chi connectivity index (χ0v) is 13.2. The van der Waals surface area contributed by atoms with Crippen molar-refractivity contribution in [3.8, 4) is 0 Å². The molecule has 3 heteroatoms. The van der Waals surface area contributed by atoms with Gasteiger partial charge in [-0.1, -0.05) is 50.2 Å². The van der Waals surface area contributed by atoms with E-state index in [1.807, 2.05) is 6.33 Å². The van der Waals surface area contributed by atoms with Gasteiger partial charge in [0.05, 0.1) is 17.6 Å². The van der Waals surface area contributed by atoms with Gasteiger partial charge < -0.3 is 0 Å². The molecular weight excluding hydrogens is 270 g/mol. The summed E-state index contributed by atoms with van der Waals surface area (Å²) in [5.74, 6) is 1.00. The Morgan fingerprint density at radius 1 is 1.05 bits per heavy atom. The van der Waals surface area contributed by atoms with Crippen LogP contribution in [0.3, 0.4) is 0 Å². The summed E-state index contributed by atoms with van der Waals surface area (Å²) in [6, 6.07) is 14.9. The van der Waals surface area contributed by atoms with E-state index in [2.05, 4.69) is 72.8 Å². The quantitative estimate of drug-likeness (QED) is 0.616. The second-order valence-corrected chi connectivity index (χ2v) is 6.63. The lowest BCUT2D eigenvalue weighted by molar-refractivity contribution is 0.530. The van der Waals surface area contributed by atoms with Crippen molar-refractivity contribution in [2.24, 2.45) is 4.99 Å². The summed E-state index contributed by atoms with van der Waals surface area (Å²) in [5.41, 5.74) is 6.00. The Kier molecular flexibility index (Phi) is 2.73. The van der Waals surface area contributed by atoms with Gasteiger partial charge in [0, 0.05) is 11.0 Å². The van der Waals surface area contributed by atoms with E-state index in [1.54, 1.807) is 0 Å². The molecule has 22 heavy (non-hydrogen) atoms. The normalized spacial score (nSPS) is 16.4. The van der Waals surface area contributed by atoms with Gasteiger partial charge in [0.25, 0.3) is 0 Å². The zero-order valence-electron chi connectivity index (χ0n) is 13.2. The van der Waals surface area contributed by atoms with Crippen LogP contribution in [0.4, 0.5) is 0 Å². The Morgan fingerprint density at radius 2 is 1.86 bits per heavy atom. The van der Waals surface area contributed by atoms with Crippen LogP contribution in [-0.2, 0) is 5.41 Å². The number of imidazole rings is 1. The van der Waals surface area contributed by atoms with Gasteiger partial charge in [-0.05, 0) is 24.1 Å². The van der Waals surface area contributed by atoms with Gasteiger partial charge in [-0.2, -0.15) is 0 Å². The van der Waals surface area contributed by atoms with Crippen molar-refractivity contribution in [1.82, 2.24) is 9.55 Å². The van der Waals surface area contributed by atoms with Crippen LogP contribution >= 0.6 is 0 Å². The number of aryl methyl sites for hydroxylation is 1. The van der Waals surface area contributed by atoms with Crippen LogP contribution in [0, 0.1) is 6.92 Å². The van der Waals surface area contributed by atoms with Crippen LogP contribution < -0.4 is 0 Å². The maximum atomic E-state index is 4.89. The van der Waals surface area contributed by atoms with Crippen molar-refractivity contribution in [1.29, 1.82) is 0 Å². The Hall–Kier alpha value is -2.42. The Labute approximate surface area is 130 Å². The minimum atomic E-state index is 0.0758. The van der Waals surface area contributed by atoms with Crippen molar-refractivity contribution in [3.05, 3.63) is 65.5 Å². The van der Waals surface area contributed by atoms with Crippen molar-refractivity contribution >= 4 is 16.9 Å². The molecule has 0 aliphatic carbocycles. The largest absolute Gasteiger partial charge is 0.283 e. The number of fused-ring (bicyclic) bond motifs is 2. The van der Waals surface area contributed by atoms with E-state index in [1.165, 1.54) is 16.7 Å². The lowest BCUT2D eigenvalue weighted by Gasteiger charge is -2.31. The van der Waals surface area contributed by atoms with Gasteiger partial charge in [-0.25, -0.2) is 4.98 Å². The number of rotatable bonds is 0. The molecule has 0 spiro atoms. The molecule has 0 fully saturated rings. The molecule has 4 rings (SSSR count). The fraction of sp³-hybridized carbons (Fsp3) is 0.263. The predicted molar refractivity (Wildman–Crippen MR) is 90.7 cm³/mol. The SMILES string of the molecule is Cc1cccc2c1ncn2C1=NCC(C)(C)c2ccccc21. The minimum Gasteiger partial charge on any atom is -0.283 e. The smallest absolute Gasteiger partial charge is 0.141 e. The van der Waals surface area contributed by atoms with Crippen LogP contribution in [0.2, 0.25) is 0 Å². The third-order valence-corrected chi connectivity index (χ3v) is 4.53. The van der Waals surface area contributed by atoms with Crippen molar-refractivity contribution in [3.63, 3.8) is 0 Å². The van der Waals surface area contributed by atoms with E-state index in [9.17, 15) is 0 Å². The summed E-state index contributed by atoms with van der Waals surface area (Å²) in [7, 11) is 0. The van der Waals surface area contributed by atoms with E-state index in [-0.39, 0.29) is 5.41 Å². The van der Waals surface area contributed by atoms with E-state index in [0.29, 0.717) is 0 Å². The molecule has 0 bridgehead atoms. The van der Waals surface area contributed by atoms with Crippen LogP contribution in [0.15, 0.2) is 53.8 Å². The van der Waals surface area contributed by atoms with Gasteiger partial charge in [0.1, 0.15) is 12.2 Å². The molecule has 3 aromatic rings.